The highest BCUT2D eigenvalue weighted by molar-refractivity contribution is 5.62. The molecule has 2 aromatic rings. The van der Waals surface area contributed by atoms with Gasteiger partial charge in [0.05, 0.1) is 0 Å². The molecule has 0 bridgehead atoms. The molecule has 1 radical (unpaired) electrons. The number of para-hydroxylation sites is 1. The second kappa shape index (κ2) is 9.23. The number of nitrogens with zero attached hydrogens (tertiary/aromatic N) is 1. The first kappa shape index (κ1) is 15.6. The lowest BCUT2D eigenvalue weighted by atomic mass is 10.1. The SMILES string of the molecule is CCCCCCCCN(c1cc[c]cc1)c1ccccc1. The van der Waals surface area contributed by atoms with Crippen molar-refractivity contribution in [2.24, 2.45) is 0 Å². The molecule has 0 unspecified atom stereocenters. The van der Waals surface area contributed by atoms with Crippen LogP contribution in [0, 0.1) is 6.07 Å². The molecule has 0 heterocycles. The normalized spacial score (nSPS) is 10.5. The zero-order valence-corrected chi connectivity index (χ0v) is 13.1. The number of unbranched alkanes of at least 4 members (excludes halogenated alkanes) is 5. The summed E-state index contributed by atoms with van der Waals surface area (Å²) < 4.78 is 0. The van der Waals surface area contributed by atoms with Gasteiger partial charge in [-0.2, -0.15) is 0 Å². The third-order valence-corrected chi connectivity index (χ3v) is 3.82. The summed E-state index contributed by atoms with van der Waals surface area (Å²) in [4.78, 5) is 2.41. The van der Waals surface area contributed by atoms with Gasteiger partial charge in [-0.15, -0.1) is 0 Å². The smallest absolute Gasteiger partial charge is 0.0411 e. The Labute approximate surface area is 129 Å². The third-order valence-electron chi connectivity index (χ3n) is 3.82. The first-order valence-corrected chi connectivity index (χ1v) is 8.20. The minimum Gasteiger partial charge on any atom is -0.341 e. The maximum atomic E-state index is 3.10. The van der Waals surface area contributed by atoms with E-state index in [4.69, 9.17) is 0 Å². The van der Waals surface area contributed by atoms with Crippen LogP contribution in [0.25, 0.3) is 0 Å². The Bertz CT molecular complexity index is 438. The van der Waals surface area contributed by atoms with Crippen molar-refractivity contribution in [3.8, 4) is 0 Å². The van der Waals surface area contributed by atoms with E-state index >= 15 is 0 Å². The molecule has 2 aromatic carbocycles. The largest absolute Gasteiger partial charge is 0.341 e. The van der Waals surface area contributed by atoms with Crippen molar-refractivity contribution in [3.63, 3.8) is 0 Å². The maximum Gasteiger partial charge on any atom is 0.0411 e. The minimum absolute atomic E-state index is 1.08. The maximum absolute atomic E-state index is 3.10. The van der Waals surface area contributed by atoms with Gasteiger partial charge in [0.15, 0.2) is 0 Å². The quantitative estimate of drug-likeness (QED) is 0.510. The summed E-state index contributed by atoms with van der Waals surface area (Å²) >= 11 is 0. The molecule has 0 atom stereocenters. The molecular formula is C20H26N. The molecule has 1 heteroatoms. The van der Waals surface area contributed by atoms with Gasteiger partial charge >= 0.3 is 0 Å². The summed E-state index contributed by atoms with van der Waals surface area (Å²) in [6, 6.07) is 22.0. The first-order chi connectivity index (χ1) is 10.4. The lowest BCUT2D eigenvalue weighted by Gasteiger charge is -2.25. The Morgan fingerprint density at radius 1 is 0.762 bits per heavy atom. The molecule has 0 amide bonds. The van der Waals surface area contributed by atoms with Crippen LogP contribution in [0.1, 0.15) is 45.4 Å². The third kappa shape index (κ3) is 5.26. The predicted octanol–water partition coefficient (Wildman–Crippen LogP) is 5.99. The molecule has 1 nitrogen and oxygen atoms in total. The predicted molar refractivity (Wildman–Crippen MR) is 92.1 cm³/mol. The van der Waals surface area contributed by atoms with E-state index in [0.717, 1.165) is 6.54 Å². The second-order valence-electron chi connectivity index (χ2n) is 5.51. The van der Waals surface area contributed by atoms with Crippen molar-refractivity contribution >= 4 is 11.4 Å². The molecule has 0 fully saturated rings. The molecule has 0 aliphatic rings. The van der Waals surface area contributed by atoms with Crippen LogP contribution in [0.4, 0.5) is 11.4 Å². The first-order valence-electron chi connectivity index (χ1n) is 8.20. The van der Waals surface area contributed by atoms with E-state index in [1.165, 1.54) is 49.9 Å². The van der Waals surface area contributed by atoms with E-state index in [1.807, 2.05) is 12.1 Å². The van der Waals surface area contributed by atoms with Crippen molar-refractivity contribution in [3.05, 3.63) is 60.7 Å². The zero-order valence-electron chi connectivity index (χ0n) is 13.1. The fraction of sp³-hybridized carbons (Fsp3) is 0.400. The molecule has 0 aromatic heterocycles. The summed E-state index contributed by atoms with van der Waals surface area (Å²) in [5.41, 5.74) is 2.53. The number of hydrogen-bond acceptors (Lipinski definition) is 1. The molecule has 21 heavy (non-hydrogen) atoms. The topological polar surface area (TPSA) is 3.24 Å². The van der Waals surface area contributed by atoms with Gasteiger partial charge in [0.2, 0.25) is 0 Å². The lowest BCUT2D eigenvalue weighted by Crippen LogP contribution is -2.18. The van der Waals surface area contributed by atoms with E-state index in [9.17, 15) is 0 Å². The van der Waals surface area contributed by atoms with Gasteiger partial charge < -0.3 is 4.90 Å². The highest BCUT2D eigenvalue weighted by Crippen LogP contribution is 2.25. The van der Waals surface area contributed by atoms with Gasteiger partial charge in [0.1, 0.15) is 0 Å². The summed E-state index contributed by atoms with van der Waals surface area (Å²) in [6.45, 7) is 3.35. The highest BCUT2D eigenvalue weighted by atomic mass is 15.1. The van der Waals surface area contributed by atoms with Gasteiger partial charge in [-0.3, -0.25) is 0 Å². The van der Waals surface area contributed by atoms with Crippen LogP contribution in [0.15, 0.2) is 54.6 Å². The van der Waals surface area contributed by atoms with Gasteiger partial charge in [0, 0.05) is 17.9 Å². The Hall–Kier alpha value is -1.76. The average Bonchev–Trinajstić information content (AvgIpc) is 2.56. The van der Waals surface area contributed by atoms with E-state index in [0.29, 0.717) is 0 Å². The highest BCUT2D eigenvalue weighted by Gasteiger charge is 2.07. The van der Waals surface area contributed by atoms with Crippen molar-refractivity contribution in [1.29, 1.82) is 0 Å². The molecule has 111 valence electrons. The van der Waals surface area contributed by atoms with Gasteiger partial charge in [-0.1, -0.05) is 69.4 Å². The van der Waals surface area contributed by atoms with E-state index < -0.39 is 0 Å². The molecule has 0 spiro atoms. The fourth-order valence-electron chi connectivity index (χ4n) is 2.62. The monoisotopic (exact) mass is 280 g/mol. The van der Waals surface area contributed by atoms with Crippen LogP contribution in [-0.2, 0) is 0 Å². The summed E-state index contributed by atoms with van der Waals surface area (Å²) in [5.74, 6) is 0. The molecular weight excluding hydrogens is 254 g/mol. The van der Waals surface area contributed by atoms with Crippen molar-refractivity contribution in [2.75, 3.05) is 11.4 Å². The Balaban J connectivity index is 1.94. The zero-order chi connectivity index (χ0) is 14.8. The average molecular weight is 280 g/mol. The van der Waals surface area contributed by atoms with Crippen LogP contribution < -0.4 is 4.90 Å². The Morgan fingerprint density at radius 3 is 2.10 bits per heavy atom. The second-order valence-corrected chi connectivity index (χ2v) is 5.51. The fourth-order valence-corrected chi connectivity index (χ4v) is 2.62. The standard InChI is InChI=1S/C20H26N/c1-2-3-4-5-6-13-18-21(19-14-9-7-10-15-19)20-16-11-8-12-17-20/h7,9-12,14-17H,2-6,13,18H2,1H3. The molecule has 0 saturated carbocycles. The lowest BCUT2D eigenvalue weighted by molar-refractivity contribution is 0.609. The van der Waals surface area contributed by atoms with Crippen LogP contribution in [0.2, 0.25) is 0 Å². The van der Waals surface area contributed by atoms with Crippen molar-refractivity contribution in [1.82, 2.24) is 0 Å². The number of anilines is 2. The number of hydrogen-bond donors (Lipinski definition) is 0. The Morgan fingerprint density at radius 2 is 1.38 bits per heavy atom. The van der Waals surface area contributed by atoms with Crippen LogP contribution in [0.3, 0.4) is 0 Å². The van der Waals surface area contributed by atoms with Gasteiger partial charge in [0.25, 0.3) is 0 Å². The summed E-state index contributed by atoms with van der Waals surface area (Å²) in [7, 11) is 0. The van der Waals surface area contributed by atoms with Crippen LogP contribution in [-0.4, -0.2) is 6.54 Å². The van der Waals surface area contributed by atoms with E-state index in [-0.39, 0.29) is 0 Å². The van der Waals surface area contributed by atoms with Gasteiger partial charge in [-0.25, -0.2) is 0 Å². The summed E-state index contributed by atoms with van der Waals surface area (Å²) in [5, 5.41) is 0. The van der Waals surface area contributed by atoms with Crippen molar-refractivity contribution in [2.45, 2.75) is 45.4 Å². The van der Waals surface area contributed by atoms with E-state index in [1.54, 1.807) is 0 Å². The Kier molecular flexibility index (Phi) is 6.87. The van der Waals surface area contributed by atoms with E-state index in [2.05, 4.69) is 60.4 Å². The molecule has 0 saturated heterocycles. The molecule has 2 rings (SSSR count). The van der Waals surface area contributed by atoms with Crippen LogP contribution in [0.5, 0.6) is 0 Å². The summed E-state index contributed by atoms with van der Waals surface area (Å²) in [6.07, 6.45) is 7.99. The molecule has 0 N–H and O–H groups in total. The number of rotatable bonds is 9. The molecule has 0 aliphatic heterocycles. The van der Waals surface area contributed by atoms with Crippen LogP contribution >= 0.6 is 0 Å². The van der Waals surface area contributed by atoms with Crippen molar-refractivity contribution < 1.29 is 0 Å². The van der Waals surface area contributed by atoms with Gasteiger partial charge in [-0.05, 0) is 36.8 Å². The minimum atomic E-state index is 1.08. The molecule has 0 aliphatic carbocycles. The number of benzene rings is 2.